The molecule has 2 aromatic rings. The molecule has 11 heteroatoms. The second-order valence-electron chi connectivity index (χ2n) is 7.58. The highest BCUT2D eigenvalue weighted by Gasteiger charge is 2.41. The van der Waals surface area contributed by atoms with Gasteiger partial charge in [0.2, 0.25) is 26.0 Å². The molecule has 2 heterocycles. The van der Waals surface area contributed by atoms with E-state index in [0.29, 0.717) is 24.3 Å². The summed E-state index contributed by atoms with van der Waals surface area (Å²) in [6.07, 6.45) is 0.555. The summed E-state index contributed by atoms with van der Waals surface area (Å²) in [5.41, 5.74) is 1.37. The highest BCUT2D eigenvalue weighted by molar-refractivity contribution is 7.94. The molecule has 2 aromatic carbocycles. The van der Waals surface area contributed by atoms with Crippen LogP contribution in [0.25, 0.3) is 0 Å². The highest BCUT2D eigenvalue weighted by atomic mass is 32.2. The first-order valence-electron chi connectivity index (χ1n) is 9.67. The number of amides is 2. The number of hydrogen-bond acceptors (Lipinski definition) is 6. The van der Waals surface area contributed by atoms with Crippen LogP contribution in [0.5, 0.6) is 0 Å². The normalized spacial score (nSPS) is 22.0. The second-order valence-corrected chi connectivity index (χ2v) is 11.5. The maximum Gasteiger partial charge on any atom is 0.255 e. The van der Waals surface area contributed by atoms with Gasteiger partial charge in [-0.1, -0.05) is 13.0 Å². The monoisotopic (exact) mass is 463 g/mol. The molecular weight excluding hydrogens is 442 g/mol. The molecule has 0 bridgehead atoms. The predicted molar refractivity (Wildman–Crippen MR) is 117 cm³/mol. The van der Waals surface area contributed by atoms with Gasteiger partial charge in [-0.15, -0.1) is 0 Å². The van der Waals surface area contributed by atoms with Crippen LogP contribution in [-0.2, 0) is 24.8 Å². The Kier molecular flexibility index (Phi) is 5.26. The molecule has 0 radical (unpaired) electrons. The number of carbonyl (C=O) groups excluding carboxylic acids is 2. The van der Waals surface area contributed by atoms with E-state index in [-0.39, 0.29) is 22.8 Å². The Bertz CT molecular complexity index is 1260. The molecule has 9 nitrogen and oxygen atoms in total. The lowest BCUT2D eigenvalue weighted by atomic mass is 10.1. The van der Waals surface area contributed by atoms with Gasteiger partial charge in [0.1, 0.15) is 0 Å². The van der Waals surface area contributed by atoms with Crippen molar-refractivity contribution in [1.82, 2.24) is 0 Å². The van der Waals surface area contributed by atoms with Gasteiger partial charge in [-0.25, -0.2) is 21.1 Å². The third-order valence-electron chi connectivity index (χ3n) is 5.22. The molecule has 2 amide bonds. The minimum absolute atomic E-state index is 0.101. The molecule has 31 heavy (non-hydrogen) atoms. The third kappa shape index (κ3) is 4.02. The van der Waals surface area contributed by atoms with E-state index < -0.39 is 37.8 Å². The number of carbonyl (C=O) groups is 2. The molecule has 2 saturated heterocycles. The summed E-state index contributed by atoms with van der Waals surface area (Å²) < 4.78 is 50.8. The van der Waals surface area contributed by atoms with Gasteiger partial charge in [-0.2, -0.15) is 0 Å². The van der Waals surface area contributed by atoms with Crippen LogP contribution in [-0.4, -0.2) is 46.7 Å². The molecule has 2 aliphatic rings. The van der Waals surface area contributed by atoms with Crippen LogP contribution in [0.2, 0.25) is 0 Å². The number of anilines is 3. The molecule has 0 aliphatic carbocycles. The molecule has 164 valence electrons. The molecule has 1 unspecified atom stereocenters. The van der Waals surface area contributed by atoms with E-state index in [2.05, 4.69) is 5.32 Å². The van der Waals surface area contributed by atoms with E-state index in [0.717, 1.165) is 4.31 Å². The van der Waals surface area contributed by atoms with Crippen molar-refractivity contribution in [2.45, 2.75) is 13.3 Å². The predicted octanol–water partition coefficient (Wildman–Crippen LogP) is 1.79. The van der Waals surface area contributed by atoms with Crippen LogP contribution in [0.15, 0.2) is 48.5 Å². The Hall–Kier alpha value is -2.92. The average Bonchev–Trinajstić information content (AvgIpc) is 3.16. The second kappa shape index (κ2) is 7.65. The quantitative estimate of drug-likeness (QED) is 0.738. The molecule has 0 spiro atoms. The maximum atomic E-state index is 12.6. The molecular formula is C20H21N3O6S2. The van der Waals surface area contributed by atoms with E-state index in [4.69, 9.17) is 0 Å². The van der Waals surface area contributed by atoms with Gasteiger partial charge in [-0.3, -0.25) is 13.9 Å². The van der Waals surface area contributed by atoms with Gasteiger partial charge < -0.3 is 5.32 Å². The number of benzene rings is 2. The van der Waals surface area contributed by atoms with Gasteiger partial charge in [0.25, 0.3) is 5.91 Å². The zero-order valence-corrected chi connectivity index (χ0v) is 18.3. The summed E-state index contributed by atoms with van der Waals surface area (Å²) in [6, 6.07) is 12.3. The summed E-state index contributed by atoms with van der Waals surface area (Å²) in [5, 5.41) is 2.71. The van der Waals surface area contributed by atoms with Gasteiger partial charge >= 0.3 is 0 Å². The van der Waals surface area contributed by atoms with Crippen LogP contribution < -0.4 is 13.9 Å². The fourth-order valence-corrected chi connectivity index (χ4v) is 7.08. The van der Waals surface area contributed by atoms with Crippen molar-refractivity contribution >= 4 is 48.9 Å². The zero-order valence-electron chi connectivity index (χ0n) is 16.7. The number of sulfonamides is 2. The Morgan fingerprint density at radius 2 is 1.71 bits per heavy atom. The van der Waals surface area contributed by atoms with E-state index in [9.17, 15) is 26.4 Å². The summed E-state index contributed by atoms with van der Waals surface area (Å²) in [5.74, 6) is -1.69. The first kappa shape index (κ1) is 21.3. The standard InChI is InChI=1S/C20H21N3O6S2/c1-14-13-31(28,29)23(20(14)25)17-8-6-15(7-9-17)19(24)21-16-4-2-5-18(12-16)22-10-3-11-30(22,26)27/h2,4-9,12,14H,3,10-11,13H2,1H3,(H,21,24). The minimum Gasteiger partial charge on any atom is -0.322 e. The van der Waals surface area contributed by atoms with Crippen LogP contribution in [0.3, 0.4) is 0 Å². The number of nitrogens with one attached hydrogen (secondary N) is 1. The summed E-state index contributed by atoms with van der Waals surface area (Å²) >= 11 is 0. The van der Waals surface area contributed by atoms with Gasteiger partial charge in [0.05, 0.1) is 28.8 Å². The smallest absolute Gasteiger partial charge is 0.255 e. The number of rotatable bonds is 4. The van der Waals surface area contributed by atoms with Gasteiger partial charge in [0, 0.05) is 17.8 Å². The Morgan fingerprint density at radius 3 is 2.29 bits per heavy atom. The molecule has 0 aromatic heterocycles. The van der Waals surface area contributed by atoms with Crippen LogP contribution in [0.1, 0.15) is 23.7 Å². The molecule has 2 aliphatic heterocycles. The maximum absolute atomic E-state index is 12.6. The highest BCUT2D eigenvalue weighted by Crippen LogP contribution is 2.29. The van der Waals surface area contributed by atoms with Gasteiger partial charge in [-0.05, 0) is 48.9 Å². The first-order chi connectivity index (χ1) is 14.6. The lowest BCUT2D eigenvalue weighted by Crippen LogP contribution is -2.30. The lowest BCUT2D eigenvalue weighted by Gasteiger charge is -2.18. The number of nitrogens with zero attached hydrogens (tertiary/aromatic N) is 2. The van der Waals surface area contributed by atoms with Crippen LogP contribution in [0.4, 0.5) is 17.1 Å². The Balaban J connectivity index is 1.51. The summed E-state index contributed by atoms with van der Waals surface area (Å²) in [4.78, 5) is 24.8. The minimum atomic E-state index is -3.71. The summed E-state index contributed by atoms with van der Waals surface area (Å²) in [7, 11) is -7.04. The van der Waals surface area contributed by atoms with Crippen LogP contribution >= 0.6 is 0 Å². The van der Waals surface area contributed by atoms with Crippen molar-refractivity contribution in [2.75, 3.05) is 32.0 Å². The Morgan fingerprint density at radius 1 is 1.00 bits per heavy atom. The zero-order chi connectivity index (χ0) is 22.4. The van der Waals surface area contributed by atoms with Gasteiger partial charge in [0.15, 0.2) is 0 Å². The van der Waals surface area contributed by atoms with Crippen LogP contribution in [0, 0.1) is 5.92 Å². The Labute approximate surface area is 180 Å². The largest absolute Gasteiger partial charge is 0.322 e. The van der Waals surface area contributed by atoms with Crippen molar-refractivity contribution in [3.8, 4) is 0 Å². The van der Waals surface area contributed by atoms with Crippen molar-refractivity contribution in [1.29, 1.82) is 0 Å². The van der Waals surface area contributed by atoms with Crippen molar-refractivity contribution in [3.63, 3.8) is 0 Å². The van der Waals surface area contributed by atoms with Crippen molar-refractivity contribution in [3.05, 3.63) is 54.1 Å². The average molecular weight is 464 g/mol. The van der Waals surface area contributed by atoms with E-state index in [1.807, 2.05) is 0 Å². The fraction of sp³-hybridized carbons (Fsp3) is 0.300. The molecule has 1 atom stereocenters. The van der Waals surface area contributed by atoms with Crippen molar-refractivity contribution < 1.29 is 26.4 Å². The number of hydrogen-bond donors (Lipinski definition) is 1. The molecule has 4 rings (SSSR count). The summed E-state index contributed by atoms with van der Waals surface area (Å²) in [6.45, 7) is 1.96. The SMILES string of the molecule is CC1CS(=O)(=O)N(c2ccc(C(=O)Nc3cccc(N4CCCS4(=O)=O)c3)cc2)C1=O. The molecule has 1 N–H and O–H groups in total. The van der Waals surface area contributed by atoms with Crippen molar-refractivity contribution in [2.24, 2.45) is 5.92 Å². The fourth-order valence-electron chi connectivity index (χ4n) is 3.71. The first-order valence-corrected chi connectivity index (χ1v) is 12.9. The topological polar surface area (TPSA) is 121 Å². The van der Waals surface area contributed by atoms with E-state index >= 15 is 0 Å². The molecule has 2 fully saturated rings. The van der Waals surface area contributed by atoms with E-state index in [1.165, 1.54) is 28.6 Å². The molecule has 0 saturated carbocycles. The third-order valence-corrected chi connectivity index (χ3v) is 8.95. The lowest BCUT2D eigenvalue weighted by molar-refractivity contribution is -0.119. The van der Waals surface area contributed by atoms with E-state index in [1.54, 1.807) is 31.2 Å².